The number of hydrogen-bond donors (Lipinski definition) is 1. The minimum Gasteiger partial charge on any atom is -0.465 e. The van der Waals surface area contributed by atoms with Crippen molar-refractivity contribution in [1.29, 1.82) is 0 Å². The van der Waals surface area contributed by atoms with Gasteiger partial charge in [-0.2, -0.15) is 0 Å². The lowest BCUT2D eigenvalue weighted by Gasteiger charge is -2.36. The Morgan fingerprint density at radius 3 is 2.38 bits per heavy atom. The minimum absolute atomic E-state index is 0.121. The molecule has 8 nitrogen and oxygen atoms in total. The summed E-state index contributed by atoms with van der Waals surface area (Å²) in [5, 5.41) is 9.01. The normalized spacial score (nSPS) is 22.1. The molecule has 3 rings (SSSR count). The Morgan fingerprint density at radius 1 is 1.15 bits per heavy atom. The lowest BCUT2D eigenvalue weighted by Crippen LogP contribution is -2.52. The fourth-order valence-corrected chi connectivity index (χ4v) is 3.48. The molecule has 2 amide bonds. The highest BCUT2D eigenvalue weighted by atomic mass is 16.5. The zero-order valence-corrected chi connectivity index (χ0v) is 14.8. The van der Waals surface area contributed by atoms with Crippen molar-refractivity contribution in [2.75, 3.05) is 51.3 Å². The van der Waals surface area contributed by atoms with Crippen molar-refractivity contribution in [3.63, 3.8) is 0 Å². The average Bonchev–Trinajstić information content (AvgIpc) is 2.96. The summed E-state index contributed by atoms with van der Waals surface area (Å²) in [5.41, 5.74) is 0.834. The Hall–Kier alpha value is -2.29. The molecule has 0 radical (unpaired) electrons. The van der Waals surface area contributed by atoms with Gasteiger partial charge in [0.25, 0.3) is 5.91 Å². The van der Waals surface area contributed by atoms with E-state index in [0.717, 1.165) is 13.1 Å². The van der Waals surface area contributed by atoms with Crippen LogP contribution in [0.5, 0.6) is 0 Å². The first kappa shape index (κ1) is 18.5. The summed E-state index contributed by atoms with van der Waals surface area (Å²) >= 11 is 0. The summed E-state index contributed by atoms with van der Waals surface area (Å²) < 4.78 is 4.65. The van der Waals surface area contributed by atoms with Crippen LogP contribution < -0.4 is 4.90 Å². The van der Waals surface area contributed by atoms with Gasteiger partial charge in [-0.1, -0.05) is 0 Å². The number of aliphatic hydroxyl groups is 1. The number of aliphatic hydroxyl groups excluding tert-OH is 1. The van der Waals surface area contributed by atoms with Crippen LogP contribution in [0, 0.1) is 0 Å². The van der Waals surface area contributed by atoms with Gasteiger partial charge in [0.2, 0.25) is 5.91 Å². The molecule has 1 unspecified atom stereocenters. The molecule has 0 bridgehead atoms. The van der Waals surface area contributed by atoms with Crippen molar-refractivity contribution in [2.45, 2.75) is 12.5 Å². The van der Waals surface area contributed by atoms with Crippen molar-refractivity contribution in [3.8, 4) is 0 Å². The fourth-order valence-electron chi connectivity index (χ4n) is 3.48. The second-order valence-electron chi connectivity index (χ2n) is 6.43. The van der Waals surface area contributed by atoms with E-state index in [0.29, 0.717) is 30.9 Å². The lowest BCUT2D eigenvalue weighted by molar-refractivity contribution is -0.123. The van der Waals surface area contributed by atoms with Crippen LogP contribution in [0.2, 0.25) is 0 Å². The van der Waals surface area contributed by atoms with Crippen molar-refractivity contribution < 1.29 is 24.2 Å². The molecule has 1 aromatic carbocycles. The van der Waals surface area contributed by atoms with Gasteiger partial charge in [-0.25, -0.2) is 9.69 Å². The Bertz CT molecular complexity index is 683. The summed E-state index contributed by atoms with van der Waals surface area (Å²) in [7, 11) is 1.30. The largest absolute Gasteiger partial charge is 0.465 e. The molecule has 0 aromatic heterocycles. The summed E-state index contributed by atoms with van der Waals surface area (Å²) in [6, 6.07) is 5.82. The molecule has 8 heteroatoms. The molecule has 0 spiro atoms. The summed E-state index contributed by atoms with van der Waals surface area (Å²) in [4.78, 5) is 42.1. The number of hydrogen-bond acceptors (Lipinski definition) is 7. The monoisotopic (exact) mass is 361 g/mol. The number of imide groups is 1. The Morgan fingerprint density at radius 2 is 1.81 bits per heavy atom. The van der Waals surface area contributed by atoms with E-state index in [1.807, 2.05) is 4.90 Å². The number of piperazine rings is 1. The quantitative estimate of drug-likeness (QED) is 0.570. The Kier molecular flexibility index (Phi) is 5.65. The number of esters is 1. The van der Waals surface area contributed by atoms with Crippen molar-refractivity contribution in [3.05, 3.63) is 29.8 Å². The molecule has 2 saturated heterocycles. The first-order chi connectivity index (χ1) is 12.5. The lowest BCUT2D eigenvalue weighted by atomic mass is 10.1. The van der Waals surface area contributed by atoms with Gasteiger partial charge in [0.15, 0.2) is 0 Å². The smallest absolute Gasteiger partial charge is 0.337 e. The molecule has 26 heavy (non-hydrogen) atoms. The zero-order chi connectivity index (χ0) is 18.7. The molecule has 0 aliphatic carbocycles. The predicted molar refractivity (Wildman–Crippen MR) is 93.8 cm³/mol. The van der Waals surface area contributed by atoms with Crippen LogP contribution in [0.25, 0.3) is 0 Å². The summed E-state index contributed by atoms with van der Waals surface area (Å²) in [5.74, 6) is -0.922. The maximum absolute atomic E-state index is 12.8. The number of anilines is 1. The van der Waals surface area contributed by atoms with Gasteiger partial charge in [0, 0.05) is 32.7 Å². The first-order valence-electron chi connectivity index (χ1n) is 8.67. The zero-order valence-electron chi connectivity index (χ0n) is 14.8. The maximum atomic E-state index is 12.8. The highest BCUT2D eigenvalue weighted by Crippen LogP contribution is 2.26. The van der Waals surface area contributed by atoms with Crippen LogP contribution in [-0.2, 0) is 14.3 Å². The molecule has 1 aromatic rings. The van der Waals surface area contributed by atoms with Crippen LogP contribution in [0.15, 0.2) is 24.3 Å². The van der Waals surface area contributed by atoms with Gasteiger partial charge >= 0.3 is 5.97 Å². The van der Waals surface area contributed by atoms with Crippen LogP contribution in [0.1, 0.15) is 16.8 Å². The molecule has 0 saturated carbocycles. The predicted octanol–water partition coefficient (Wildman–Crippen LogP) is -0.285. The Labute approximate surface area is 151 Å². The standard InChI is InChI=1S/C18H23N3O5/c1-26-18(25)13-2-4-14(5-3-13)21-16(23)12-15(17(21)24)20-8-6-19(7-9-20)10-11-22/h2-5,15,22H,6-12H2,1H3. The van der Waals surface area contributed by atoms with Gasteiger partial charge < -0.3 is 9.84 Å². The maximum Gasteiger partial charge on any atom is 0.337 e. The molecule has 1 atom stereocenters. The summed E-state index contributed by atoms with van der Waals surface area (Å²) in [6.07, 6.45) is 0.164. The number of amides is 2. The topological polar surface area (TPSA) is 90.4 Å². The second-order valence-corrected chi connectivity index (χ2v) is 6.43. The molecule has 1 N–H and O–H groups in total. The number of β-amino-alcohol motifs (C(OH)–C–C–N with tert-alkyl or cyclic N) is 1. The van der Waals surface area contributed by atoms with Crippen molar-refractivity contribution in [2.24, 2.45) is 0 Å². The molecule has 140 valence electrons. The number of methoxy groups -OCH3 is 1. The van der Waals surface area contributed by atoms with Gasteiger partial charge in [0.1, 0.15) is 0 Å². The number of carbonyl (C=O) groups is 3. The number of rotatable bonds is 5. The third-order valence-electron chi connectivity index (χ3n) is 4.93. The molecule has 2 aliphatic rings. The average molecular weight is 361 g/mol. The molecular formula is C18H23N3O5. The number of benzene rings is 1. The van der Waals surface area contributed by atoms with Gasteiger partial charge in [-0.05, 0) is 24.3 Å². The molecular weight excluding hydrogens is 338 g/mol. The third-order valence-corrected chi connectivity index (χ3v) is 4.93. The van der Waals surface area contributed by atoms with Gasteiger partial charge in [0.05, 0.1) is 37.4 Å². The van der Waals surface area contributed by atoms with E-state index in [2.05, 4.69) is 9.64 Å². The van der Waals surface area contributed by atoms with Gasteiger partial charge in [-0.3, -0.25) is 19.4 Å². The van der Waals surface area contributed by atoms with Crippen molar-refractivity contribution in [1.82, 2.24) is 9.80 Å². The van der Waals surface area contributed by atoms with Crippen LogP contribution in [-0.4, -0.2) is 85.2 Å². The van der Waals surface area contributed by atoms with E-state index >= 15 is 0 Å². The number of ether oxygens (including phenoxy) is 1. The van der Waals surface area contributed by atoms with E-state index in [4.69, 9.17) is 5.11 Å². The molecule has 2 fully saturated rings. The van der Waals surface area contributed by atoms with Crippen LogP contribution in [0.3, 0.4) is 0 Å². The molecule has 2 aliphatic heterocycles. The highest BCUT2D eigenvalue weighted by Gasteiger charge is 2.43. The minimum atomic E-state index is -0.464. The van der Waals surface area contributed by atoms with Gasteiger partial charge in [-0.15, -0.1) is 0 Å². The van der Waals surface area contributed by atoms with E-state index in [9.17, 15) is 14.4 Å². The Balaban J connectivity index is 1.68. The second kappa shape index (κ2) is 7.94. The van der Waals surface area contributed by atoms with E-state index < -0.39 is 12.0 Å². The first-order valence-corrected chi connectivity index (χ1v) is 8.67. The number of nitrogens with zero attached hydrogens (tertiary/aromatic N) is 3. The van der Waals surface area contributed by atoms with Crippen molar-refractivity contribution >= 4 is 23.5 Å². The molecule has 2 heterocycles. The number of carbonyl (C=O) groups excluding carboxylic acids is 3. The van der Waals surface area contributed by atoms with E-state index in [-0.39, 0.29) is 24.8 Å². The SMILES string of the molecule is COC(=O)c1ccc(N2C(=O)CC(N3CCN(CCO)CC3)C2=O)cc1. The van der Waals surface area contributed by atoms with E-state index in [1.54, 1.807) is 24.3 Å². The van der Waals surface area contributed by atoms with E-state index in [1.165, 1.54) is 12.0 Å². The summed E-state index contributed by atoms with van der Waals surface area (Å²) in [6.45, 7) is 3.68. The van der Waals surface area contributed by atoms with Crippen LogP contribution in [0.4, 0.5) is 5.69 Å². The highest BCUT2D eigenvalue weighted by molar-refractivity contribution is 6.22. The third kappa shape index (κ3) is 3.62. The van der Waals surface area contributed by atoms with Crippen LogP contribution >= 0.6 is 0 Å². The fraction of sp³-hybridized carbons (Fsp3) is 0.500.